The van der Waals surface area contributed by atoms with Gasteiger partial charge in [0.2, 0.25) is 0 Å². The van der Waals surface area contributed by atoms with Crippen LogP contribution in [0.4, 0.5) is 4.39 Å². The van der Waals surface area contributed by atoms with E-state index in [1.807, 2.05) is 0 Å². The maximum absolute atomic E-state index is 12.8. The van der Waals surface area contributed by atoms with Gasteiger partial charge in [-0.3, -0.25) is 0 Å². The van der Waals surface area contributed by atoms with E-state index in [0.29, 0.717) is 0 Å². The van der Waals surface area contributed by atoms with Crippen molar-refractivity contribution in [3.8, 4) is 0 Å². The summed E-state index contributed by atoms with van der Waals surface area (Å²) in [6.45, 7) is 1.90. The van der Waals surface area contributed by atoms with Gasteiger partial charge in [-0.25, -0.2) is 4.39 Å². The Morgan fingerprint density at radius 1 is 1.29 bits per heavy atom. The molecule has 17 heavy (non-hydrogen) atoms. The lowest BCUT2D eigenvalue weighted by Crippen LogP contribution is -2.45. The van der Waals surface area contributed by atoms with Crippen molar-refractivity contribution in [3.63, 3.8) is 0 Å². The van der Waals surface area contributed by atoms with Crippen molar-refractivity contribution in [2.24, 2.45) is 5.16 Å². The van der Waals surface area contributed by atoms with Gasteiger partial charge in [-0.2, -0.15) is 0 Å². The molecule has 0 amide bonds. The predicted octanol–water partition coefficient (Wildman–Crippen LogP) is 2.07. The molecule has 90 valence electrons. The molecule has 1 unspecified atom stereocenters. The standard InChI is InChI=1S/C13H15FN2O/c14-11-4-2-10(3-5-11)12-8-13(17-16-12)6-1-7-15-9-13/h2-5,15H,1,6-9H2. The number of piperidine rings is 1. The molecule has 1 fully saturated rings. The van der Waals surface area contributed by atoms with E-state index in [-0.39, 0.29) is 11.4 Å². The summed E-state index contributed by atoms with van der Waals surface area (Å²) in [5.41, 5.74) is 1.71. The number of nitrogens with one attached hydrogen (secondary N) is 1. The summed E-state index contributed by atoms with van der Waals surface area (Å²) in [4.78, 5) is 5.61. The minimum Gasteiger partial charge on any atom is -0.387 e. The first-order valence-electron chi connectivity index (χ1n) is 5.99. The zero-order valence-corrected chi connectivity index (χ0v) is 9.58. The molecule has 1 aromatic rings. The van der Waals surface area contributed by atoms with Crippen molar-refractivity contribution < 1.29 is 9.23 Å². The van der Waals surface area contributed by atoms with Crippen LogP contribution in [0.1, 0.15) is 24.8 Å². The van der Waals surface area contributed by atoms with E-state index < -0.39 is 0 Å². The first-order chi connectivity index (χ1) is 8.27. The van der Waals surface area contributed by atoms with Crippen LogP contribution >= 0.6 is 0 Å². The summed E-state index contributed by atoms with van der Waals surface area (Å²) in [5.74, 6) is -0.220. The van der Waals surface area contributed by atoms with Crippen LogP contribution in [-0.2, 0) is 4.84 Å². The molecule has 1 saturated heterocycles. The van der Waals surface area contributed by atoms with Crippen LogP contribution in [0.15, 0.2) is 29.4 Å². The van der Waals surface area contributed by atoms with Crippen LogP contribution in [0.25, 0.3) is 0 Å². The van der Waals surface area contributed by atoms with Gasteiger partial charge in [0.05, 0.1) is 5.71 Å². The molecule has 4 heteroatoms. The molecular formula is C13H15FN2O. The first-order valence-corrected chi connectivity index (χ1v) is 5.99. The van der Waals surface area contributed by atoms with Crippen LogP contribution in [0.5, 0.6) is 0 Å². The fraction of sp³-hybridized carbons (Fsp3) is 0.462. The molecule has 1 atom stereocenters. The molecule has 0 radical (unpaired) electrons. The Morgan fingerprint density at radius 3 is 2.82 bits per heavy atom. The maximum Gasteiger partial charge on any atom is 0.155 e. The van der Waals surface area contributed by atoms with Gasteiger partial charge in [0, 0.05) is 13.0 Å². The maximum atomic E-state index is 12.8. The average molecular weight is 234 g/mol. The summed E-state index contributed by atoms with van der Waals surface area (Å²) in [7, 11) is 0. The minimum absolute atomic E-state index is 0.165. The molecular weight excluding hydrogens is 219 g/mol. The van der Waals surface area contributed by atoms with Crippen LogP contribution < -0.4 is 5.32 Å². The molecule has 0 saturated carbocycles. The minimum atomic E-state index is -0.220. The highest BCUT2D eigenvalue weighted by Gasteiger charge is 2.40. The van der Waals surface area contributed by atoms with Crippen molar-refractivity contribution >= 4 is 5.71 Å². The van der Waals surface area contributed by atoms with Gasteiger partial charge >= 0.3 is 0 Å². The summed E-state index contributed by atoms with van der Waals surface area (Å²) in [6.07, 6.45) is 2.96. The zero-order valence-electron chi connectivity index (χ0n) is 9.58. The van der Waals surface area contributed by atoms with Crippen LogP contribution in [0, 0.1) is 5.82 Å². The van der Waals surface area contributed by atoms with Gasteiger partial charge in [0.25, 0.3) is 0 Å². The predicted molar refractivity (Wildman–Crippen MR) is 63.5 cm³/mol. The van der Waals surface area contributed by atoms with Crippen LogP contribution in [0.2, 0.25) is 0 Å². The molecule has 2 aliphatic rings. The zero-order chi connectivity index (χ0) is 11.7. The Bertz CT molecular complexity index is 435. The lowest BCUT2D eigenvalue weighted by Gasteiger charge is -2.31. The van der Waals surface area contributed by atoms with Gasteiger partial charge in [-0.1, -0.05) is 17.3 Å². The second kappa shape index (κ2) is 4.11. The lowest BCUT2D eigenvalue weighted by atomic mass is 9.88. The van der Waals surface area contributed by atoms with Gasteiger partial charge in [0.1, 0.15) is 5.82 Å². The van der Waals surface area contributed by atoms with Crippen molar-refractivity contribution in [1.29, 1.82) is 0 Å². The number of nitrogens with zero attached hydrogens (tertiary/aromatic N) is 1. The molecule has 2 aliphatic heterocycles. The third-order valence-corrected chi connectivity index (χ3v) is 3.45. The Labute approximate surface area is 99.7 Å². The summed E-state index contributed by atoms with van der Waals surface area (Å²) >= 11 is 0. The number of benzene rings is 1. The summed E-state index contributed by atoms with van der Waals surface area (Å²) in [5, 5.41) is 7.51. The highest BCUT2D eigenvalue weighted by molar-refractivity contribution is 6.01. The smallest absolute Gasteiger partial charge is 0.155 e. The van der Waals surface area contributed by atoms with E-state index in [4.69, 9.17) is 4.84 Å². The van der Waals surface area contributed by atoms with E-state index in [2.05, 4.69) is 10.5 Å². The van der Waals surface area contributed by atoms with Crippen molar-refractivity contribution in [3.05, 3.63) is 35.6 Å². The van der Waals surface area contributed by atoms with E-state index in [1.165, 1.54) is 12.1 Å². The Kier molecular flexibility index (Phi) is 2.59. The second-order valence-corrected chi connectivity index (χ2v) is 4.78. The molecule has 3 rings (SSSR count). The number of hydrogen-bond donors (Lipinski definition) is 1. The van der Waals surface area contributed by atoms with Crippen molar-refractivity contribution in [2.45, 2.75) is 24.9 Å². The van der Waals surface area contributed by atoms with Gasteiger partial charge in [-0.15, -0.1) is 0 Å². The number of oxime groups is 1. The SMILES string of the molecule is Fc1ccc(C2=NOC3(CCCNC3)C2)cc1. The number of halogens is 1. The van der Waals surface area contributed by atoms with Gasteiger partial charge < -0.3 is 10.2 Å². The van der Waals surface area contributed by atoms with Gasteiger partial charge in [-0.05, 0) is 37.1 Å². The average Bonchev–Trinajstić information content (AvgIpc) is 2.75. The van der Waals surface area contributed by atoms with Crippen molar-refractivity contribution in [1.82, 2.24) is 5.32 Å². The second-order valence-electron chi connectivity index (χ2n) is 4.78. The third-order valence-electron chi connectivity index (χ3n) is 3.45. The summed E-state index contributed by atoms with van der Waals surface area (Å²) < 4.78 is 12.8. The molecule has 0 aliphatic carbocycles. The molecule has 0 aromatic heterocycles. The lowest BCUT2D eigenvalue weighted by molar-refractivity contribution is -0.0347. The topological polar surface area (TPSA) is 33.6 Å². The Hall–Kier alpha value is -1.42. The highest BCUT2D eigenvalue weighted by atomic mass is 19.1. The normalized spacial score (nSPS) is 27.9. The Morgan fingerprint density at radius 2 is 2.12 bits per heavy atom. The van der Waals surface area contributed by atoms with E-state index in [0.717, 1.165) is 43.6 Å². The Balaban J connectivity index is 1.76. The molecule has 3 nitrogen and oxygen atoms in total. The quantitative estimate of drug-likeness (QED) is 0.807. The van der Waals surface area contributed by atoms with E-state index in [1.54, 1.807) is 12.1 Å². The molecule has 2 heterocycles. The van der Waals surface area contributed by atoms with E-state index in [9.17, 15) is 4.39 Å². The fourth-order valence-corrected chi connectivity index (χ4v) is 2.49. The van der Waals surface area contributed by atoms with Crippen LogP contribution in [-0.4, -0.2) is 24.4 Å². The van der Waals surface area contributed by atoms with Gasteiger partial charge in [0.15, 0.2) is 5.60 Å². The first kappa shape index (κ1) is 10.7. The molecule has 1 aromatic carbocycles. The van der Waals surface area contributed by atoms with Crippen molar-refractivity contribution in [2.75, 3.05) is 13.1 Å². The molecule has 1 N–H and O–H groups in total. The van der Waals surface area contributed by atoms with Crippen LogP contribution in [0.3, 0.4) is 0 Å². The fourth-order valence-electron chi connectivity index (χ4n) is 2.49. The largest absolute Gasteiger partial charge is 0.387 e. The highest BCUT2D eigenvalue weighted by Crippen LogP contribution is 2.32. The monoisotopic (exact) mass is 234 g/mol. The summed E-state index contributed by atoms with van der Waals surface area (Å²) in [6, 6.07) is 6.43. The molecule has 0 bridgehead atoms. The van der Waals surface area contributed by atoms with E-state index >= 15 is 0 Å². The third kappa shape index (κ3) is 2.05. The number of rotatable bonds is 1. The number of hydrogen-bond acceptors (Lipinski definition) is 3. The molecule has 1 spiro atoms.